The second-order valence-corrected chi connectivity index (χ2v) is 5.05. The molecule has 0 radical (unpaired) electrons. The Kier molecular flexibility index (Phi) is 3.97. The third kappa shape index (κ3) is 2.61. The van der Waals surface area contributed by atoms with Crippen molar-refractivity contribution < 1.29 is 19.1 Å². The minimum absolute atomic E-state index is 0.0776. The number of para-hydroxylation sites is 1. The summed E-state index contributed by atoms with van der Waals surface area (Å²) >= 11 is 0. The van der Waals surface area contributed by atoms with Gasteiger partial charge in [-0.3, -0.25) is 9.59 Å². The van der Waals surface area contributed by atoms with Crippen LogP contribution in [-0.2, 0) is 25.5 Å². The first-order valence-corrected chi connectivity index (χ1v) is 6.76. The Hall–Kier alpha value is -2.37. The molecular formula is C15H18N2O4. The predicted octanol–water partition coefficient (Wildman–Crippen LogP) is 0.928. The fourth-order valence-corrected chi connectivity index (χ4v) is 2.51. The van der Waals surface area contributed by atoms with Gasteiger partial charge in [-0.2, -0.15) is 0 Å². The van der Waals surface area contributed by atoms with Gasteiger partial charge >= 0.3 is 5.97 Å². The van der Waals surface area contributed by atoms with Crippen molar-refractivity contribution in [1.29, 1.82) is 0 Å². The van der Waals surface area contributed by atoms with E-state index in [1.54, 1.807) is 6.92 Å². The number of benzene rings is 1. The fraction of sp³-hybridized carbons (Fsp3) is 0.400. The number of ether oxygens (including phenoxy) is 1. The number of anilines is 1. The average Bonchev–Trinajstić information content (AvgIpc) is 2.40. The van der Waals surface area contributed by atoms with E-state index in [1.165, 1.54) is 6.92 Å². The first-order chi connectivity index (χ1) is 9.90. The van der Waals surface area contributed by atoms with Crippen molar-refractivity contribution in [3.8, 4) is 0 Å². The number of carbonyl (C=O) groups is 3. The van der Waals surface area contributed by atoms with Gasteiger partial charge in [0.25, 0.3) is 5.91 Å². The maximum Gasteiger partial charge on any atom is 0.342 e. The summed E-state index contributed by atoms with van der Waals surface area (Å²) in [5, 5.41) is 5.17. The Bertz CT molecular complexity index is 612. The first kappa shape index (κ1) is 15.0. The van der Waals surface area contributed by atoms with Crippen LogP contribution in [0.3, 0.4) is 0 Å². The highest BCUT2D eigenvalue weighted by atomic mass is 16.5. The second kappa shape index (κ2) is 5.55. The lowest BCUT2D eigenvalue weighted by Crippen LogP contribution is -2.65. The van der Waals surface area contributed by atoms with Gasteiger partial charge in [-0.15, -0.1) is 0 Å². The summed E-state index contributed by atoms with van der Waals surface area (Å²) in [4.78, 5) is 36.2. The molecule has 2 N–H and O–H groups in total. The molecule has 6 nitrogen and oxygen atoms in total. The van der Waals surface area contributed by atoms with Crippen LogP contribution in [0.5, 0.6) is 0 Å². The first-order valence-electron chi connectivity index (χ1n) is 6.76. The topological polar surface area (TPSA) is 84.5 Å². The summed E-state index contributed by atoms with van der Waals surface area (Å²) in [5.74, 6) is -1.78. The molecule has 2 amide bonds. The molecule has 0 saturated heterocycles. The molecule has 2 rings (SSSR count). The van der Waals surface area contributed by atoms with Crippen molar-refractivity contribution in [3.05, 3.63) is 29.3 Å². The highest BCUT2D eigenvalue weighted by molar-refractivity contribution is 6.17. The molecule has 0 aliphatic carbocycles. The third-order valence-corrected chi connectivity index (χ3v) is 3.45. The van der Waals surface area contributed by atoms with Crippen LogP contribution in [0.25, 0.3) is 0 Å². The number of fused-ring (bicyclic) bond motifs is 1. The number of rotatable bonds is 3. The van der Waals surface area contributed by atoms with Gasteiger partial charge < -0.3 is 15.4 Å². The summed E-state index contributed by atoms with van der Waals surface area (Å²) in [6.07, 6.45) is 0.0776. The highest BCUT2D eigenvalue weighted by Crippen LogP contribution is 2.31. The summed E-state index contributed by atoms with van der Waals surface area (Å²) in [6.45, 7) is 4.92. The van der Waals surface area contributed by atoms with Gasteiger partial charge in [-0.05, 0) is 25.0 Å². The number of hydrogen-bond donors (Lipinski definition) is 2. The zero-order valence-corrected chi connectivity index (χ0v) is 12.3. The van der Waals surface area contributed by atoms with E-state index in [0.29, 0.717) is 5.69 Å². The summed E-state index contributed by atoms with van der Waals surface area (Å²) in [6, 6.07) is 5.53. The molecule has 1 aromatic rings. The molecule has 0 spiro atoms. The molecule has 112 valence electrons. The van der Waals surface area contributed by atoms with Crippen molar-refractivity contribution >= 4 is 23.5 Å². The van der Waals surface area contributed by atoms with Gasteiger partial charge in [0.2, 0.25) is 11.4 Å². The molecule has 1 aromatic carbocycles. The lowest BCUT2D eigenvalue weighted by molar-refractivity contribution is -0.157. The Morgan fingerprint density at radius 1 is 1.43 bits per heavy atom. The number of hydrogen-bond acceptors (Lipinski definition) is 4. The lowest BCUT2D eigenvalue weighted by atomic mass is 9.84. The van der Waals surface area contributed by atoms with E-state index in [0.717, 1.165) is 11.1 Å². The van der Waals surface area contributed by atoms with Crippen molar-refractivity contribution in [1.82, 2.24) is 5.32 Å². The maximum atomic E-state index is 12.5. The zero-order chi connectivity index (χ0) is 15.6. The van der Waals surface area contributed by atoms with E-state index < -0.39 is 23.3 Å². The monoisotopic (exact) mass is 290 g/mol. The number of esters is 1. The second-order valence-electron chi connectivity index (χ2n) is 5.05. The van der Waals surface area contributed by atoms with E-state index in [4.69, 9.17) is 4.74 Å². The Labute approximate surface area is 122 Å². The van der Waals surface area contributed by atoms with E-state index >= 15 is 0 Å². The van der Waals surface area contributed by atoms with Gasteiger partial charge in [0, 0.05) is 19.0 Å². The van der Waals surface area contributed by atoms with Crippen LogP contribution in [-0.4, -0.2) is 29.9 Å². The maximum absolute atomic E-state index is 12.5. The quantitative estimate of drug-likeness (QED) is 0.640. The molecule has 21 heavy (non-hydrogen) atoms. The smallest absolute Gasteiger partial charge is 0.342 e. The van der Waals surface area contributed by atoms with Crippen molar-refractivity contribution in [2.24, 2.45) is 0 Å². The van der Waals surface area contributed by atoms with Gasteiger partial charge in [0.1, 0.15) is 0 Å². The molecule has 1 aliphatic rings. The lowest BCUT2D eigenvalue weighted by Gasteiger charge is -2.35. The van der Waals surface area contributed by atoms with E-state index in [2.05, 4.69) is 10.6 Å². The Morgan fingerprint density at radius 3 is 2.76 bits per heavy atom. The summed E-state index contributed by atoms with van der Waals surface area (Å²) in [5.41, 5.74) is 0.674. The minimum Gasteiger partial charge on any atom is -0.464 e. The summed E-state index contributed by atoms with van der Waals surface area (Å²) in [7, 11) is 0. The molecule has 1 aliphatic heterocycles. The van der Waals surface area contributed by atoms with Crippen LogP contribution in [0.1, 0.15) is 25.0 Å². The van der Waals surface area contributed by atoms with Crippen LogP contribution in [0.4, 0.5) is 5.69 Å². The van der Waals surface area contributed by atoms with Crippen LogP contribution in [0.2, 0.25) is 0 Å². The van der Waals surface area contributed by atoms with E-state index in [1.807, 2.05) is 25.1 Å². The fourth-order valence-electron chi connectivity index (χ4n) is 2.51. The van der Waals surface area contributed by atoms with Crippen molar-refractivity contribution in [2.45, 2.75) is 32.7 Å². The third-order valence-electron chi connectivity index (χ3n) is 3.45. The summed E-state index contributed by atoms with van der Waals surface area (Å²) < 4.78 is 4.99. The normalized spacial score (nSPS) is 20.2. The van der Waals surface area contributed by atoms with Crippen molar-refractivity contribution in [2.75, 3.05) is 11.9 Å². The minimum atomic E-state index is -1.71. The molecule has 0 fully saturated rings. The van der Waals surface area contributed by atoms with Gasteiger partial charge in [-0.1, -0.05) is 18.2 Å². The van der Waals surface area contributed by atoms with Gasteiger partial charge in [0.05, 0.1) is 6.61 Å². The SMILES string of the molecule is CCOC(=O)C1(NC(C)=O)Cc2cccc(C)c2NC1=O. The van der Waals surface area contributed by atoms with Gasteiger partial charge in [-0.25, -0.2) is 4.79 Å². The van der Waals surface area contributed by atoms with E-state index in [9.17, 15) is 14.4 Å². The highest BCUT2D eigenvalue weighted by Gasteiger charge is 2.51. The molecule has 0 saturated carbocycles. The van der Waals surface area contributed by atoms with Gasteiger partial charge in [0.15, 0.2) is 0 Å². The van der Waals surface area contributed by atoms with Crippen LogP contribution >= 0.6 is 0 Å². The molecule has 6 heteroatoms. The number of nitrogens with one attached hydrogen (secondary N) is 2. The zero-order valence-electron chi connectivity index (χ0n) is 12.3. The number of carbonyl (C=O) groups excluding carboxylic acids is 3. The Morgan fingerprint density at radius 2 is 2.14 bits per heavy atom. The van der Waals surface area contributed by atoms with Crippen LogP contribution in [0.15, 0.2) is 18.2 Å². The van der Waals surface area contributed by atoms with Crippen LogP contribution in [0, 0.1) is 6.92 Å². The largest absolute Gasteiger partial charge is 0.464 e. The molecule has 1 unspecified atom stereocenters. The molecule has 0 aromatic heterocycles. The molecule has 1 atom stereocenters. The number of aryl methyl sites for hydroxylation is 1. The van der Waals surface area contributed by atoms with Crippen LogP contribution < -0.4 is 10.6 Å². The van der Waals surface area contributed by atoms with Crippen molar-refractivity contribution in [3.63, 3.8) is 0 Å². The molecule has 1 heterocycles. The van der Waals surface area contributed by atoms with E-state index in [-0.39, 0.29) is 13.0 Å². The standard InChI is InChI=1S/C15H18N2O4/c1-4-21-14(20)15(17-10(3)18)8-11-7-5-6-9(2)12(11)16-13(15)19/h5-7H,4,8H2,1-3H3,(H,16,19)(H,17,18). The Balaban J connectivity index is 2.49. The molecule has 0 bridgehead atoms. The predicted molar refractivity (Wildman–Crippen MR) is 76.7 cm³/mol. The number of amides is 2. The molecular weight excluding hydrogens is 272 g/mol. The average molecular weight is 290 g/mol.